The molecule has 5 heteroatoms. The number of hydrogen-bond acceptors (Lipinski definition) is 4. The number of nitrogens with zero attached hydrogens (tertiary/aromatic N) is 1. The number of aromatic amines is 1. The molecule has 0 saturated heterocycles. The van der Waals surface area contributed by atoms with Crippen molar-refractivity contribution in [2.75, 3.05) is 6.61 Å². The molecular weight excluding hydrogens is 268 g/mol. The van der Waals surface area contributed by atoms with Crippen LogP contribution in [0.25, 0.3) is 0 Å². The van der Waals surface area contributed by atoms with Gasteiger partial charge in [-0.05, 0) is 25.8 Å². The number of nitrogens with one attached hydrogen (secondary N) is 1. The van der Waals surface area contributed by atoms with Crippen molar-refractivity contribution in [1.29, 1.82) is 0 Å². The van der Waals surface area contributed by atoms with Crippen LogP contribution < -0.4 is 0 Å². The molecule has 1 N–H and O–H groups in total. The molecule has 0 bridgehead atoms. The SMILES string of the molecule is CCCCCCC1=NOC(c2cc[nH]c2C(=O)OCC)C1. The van der Waals surface area contributed by atoms with Crippen LogP contribution in [0.4, 0.5) is 0 Å². The van der Waals surface area contributed by atoms with E-state index in [2.05, 4.69) is 17.1 Å². The summed E-state index contributed by atoms with van der Waals surface area (Å²) in [6, 6.07) is 1.87. The first kappa shape index (κ1) is 15.6. The molecule has 1 aromatic rings. The van der Waals surface area contributed by atoms with E-state index >= 15 is 0 Å². The minimum atomic E-state index is -0.336. The molecule has 2 rings (SSSR count). The lowest BCUT2D eigenvalue weighted by Crippen LogP contribution is -2.10. The Morgan fingerprint density at radius 2 is 2.29 bits per heavy atom. The Hall–Kier alpha value is -1.78. The second-order valence-corrected chi connectivity index (χ2v) is 5.29. The van der Waals surface area contributed by atoms with Gasteiger partial charge in [-0.3, -0.25) is 0 Å². The van der Waals surface area contributed by atoms with E-state index in [0.717, 1.165) is 30.5 Å². The highest BCUT2D eigenvalue weighted by atomic mass is 16.6. The number of ether oxygens (including phenoxy) is 1. The van der Waals surface area contributed by atoms with E-state index in [9.17, 15) is 4.79 Å². The Kier molecular flexibility index (Phi) is 5.84. The molecule has 21 heavy (non-hydrogen) atoms. The van der Waals surface area contributed by atoms with Crippen LogP contribution in [0.15, 0.2) is 17.4 Å². The van der Waals surface area contributed by atoms with E-state index in [1.54, 1.807) is 13.1 Å². The first-order valence-electron chi connectivity index (χ1n) is 7.82. The van der Waals surface area contributed by atoms with E-state index in [1.165, 1.54) is 19.3 Å². The molecule has 1 atom stereocenters. The van der Waals surface area contributed by atoms with Crippen molar-refractivity contribution in [3.8, 4) is 0 Å². The minimum absolute atomic E-state index is 0.170. The normalized spacial score (nSPS) is 17.4. The molecule has 1 aromatic heterocycles. The number of carbonyl (C=O) groups is 1. The summed E-state index contributed by atoms with van der Waals surface area (Å²) in [5, 5.41) is 4.17. The summed E-state index contributed by atoms with van der Waals surface area (Å²) in [5.74, 6) is -0.336. The third-order valence-corrected chi connectivity index (χ3v) is 3.65. The van der Waals surface area contributed by atoms with E-state index in [-0.39, 0.29) is 12.1 Å². The molecule has 0 amide bonds. The highest BCUT2D eigenvalue weighted by Crippen LogP contribution is 2.31. The van der Waals surface area contributed by atoms with Gasteiger partial charge < -0.3 is 14.6 Å². The maximum absolute atomic E-state index is 11.9. The second-order valence-electron chi connectivity index (χ2n) is 5.29. The van der Waals surface area contributed by atoms with Gasteiger partial charge in [0.05, 0.1) is 12.3 Å². The lowest BCUT2D eigenvalue weighted by molar-refractivity contribution is 0.0500. The summed E-state index contributed by atoms with van der Waals surface area (Å²) in [5.41, 5.74) is 2.40. The zero-order valence-corrected chi connectivity index (χ0v) is 12.9. The monoisotopic (exact) mass is 292 g/mol. The van der Waals surface area contributed by atoms with Crippen LogP contribution in [-0.4, -0.2) is 23.3 Å². The van der Waals surface area contributed by atoms with Gasteiger partial charge in [0, 0.05) is 18.2 Å². The van der Waals surface area contributed by atoms with Crippen molar-refractivity contribution >= 4 is 11.7 Å². The number of unbranched alkanes of at least 4 members (excludes halogenated alkanes) is 3. The summed E-state index contributed by atoms with van der Waals surface area (Å²) in [7, 11) is 0. The van der Waals surface area contributed by atoms with Gasteiger partial charge in [-0.2, -0.15) is 0 Å². The van der Waals surface area contributed by atoms with Crippen molar-refractivity contribution in [3.63, 3.8) is 0 Å². The van der Waals surface area contributed by atoms with Crippen LogP contribution in [0.1, 0.15) is 74.5 Å². The molecule has 1 aliphatic rings. The predicted molar refractivity (Wildman–Crippen MR) is 81.4 cm³/mol. The summed E-state index contributed by atoms with van der Waals surface area (Å²) in [4.78, 5) is 20.3. The molecule has 1 unspecified atom stereocenters. The predicted octanol–water partition coefficient (Wildman–Crippen LogP) is 3.98. The molecule has 2 heterocycles. The largest absolute Gasteiger partial charge is 0.461 e. The molecule has 0 spiro atoms. The van der Waals surface area contributed by atoms with Gasteiger partial charge in [-0.25, -0.2) is 4.79 Å². The zero-order chi connectivity index (χ0) is 15.1. The van der Waals surface area contributed by atoms with Crippen molar-refractivity contribution < 1.29 is 14.4 Å². The average Bonchev–Trinajstić information content (AvgIpc) is 3.12. The van der Waals surface area contributed by atoms with Crippen LogP contribution in [-0.2, 0) is 9.57 Å². The van der Waals surface area contributed by atoms with Gasteiger partial charge in [0.2, 0.25) is 0 Å². The molecule has 0 saturated carbocycles. The minimum Gasteiger partial charge on any atom is -0.461 e. The lowest BCUT2D eigenvalue weighted by atomic mass is 10.0. The molecule has 0 aliphatic carbocycles. The molecular formula is C16H24N2O3. The summed E-state index contributed by atoms with van der Waals surface area (Å²) in [6.45, 7) is 4.36. The fourth-order valence-corrected chi connectivity index (χ4v) is 2.53. The summed E-state index contributed by atoms with van der Waals surface area (Å²) >= 11 is 0. The number of carbonyl (C=O) groups excluding carboxylic acids is 1. The van der Waals surface area contributed by atoms with Crippen molar-refractivity contribution in [1.82, 2.24) is 4.98 Å². The van der Waals surface area contributed by atoms with Gasteiger partial charge >= 0.3 is 5.97 Å². The lowest BCUT2D eigenvalue weighted by Gasteiger charge is -2.09. The Bertz CT molecular complexity index is 493. The number of rotatable bonds is 8. The Labute approximate surface area is 125 Å². The van der Waals surface area contributed by atoms with Gasteiger partial charge in [-0.1, -0.05) is 31.3 Å². The van der Waals surface area contributed by atoms with Gasteiger partial charge in [0.25, 0.3) is 0 Å². The molecule has 1 aliphatic heterocycles. The number of oxime groups is 1. The molecule has 5 nitrogen and oxygen atoms in total. The third kappa shape index (κ3) is 4.09. The number of hydrogen-bond donors (Lipinski definition) is 1. The maximum atomic E-state index is 11.9. The zero-order valence-electron chi connectivity index (χ0n) is 12.9. The highest BCUT2D eigenvalue weighted by Gasteiger charge is 2.28. The molecule has 0 radical (unpaired) electrons. The molecule has 0 aromatic carbocycles. The Balaban J connectivity index is 1.88. The average molecular weight is 292 g/mol. The smallest absolute Gasteiger partial charge is 0.355 e. The van der Waals surface area contributed by atoms with Crippen molar-refractivity contribution in [3.05, 3.63) is 23.5 Å². The topological polar surface area (TPSA) is 63.7 Å². The highest BCUT2D eigenvalue weighted by molar-refractivity contribution is 5.90. The fraction of sp³-hybridized carbons (Fsp3) is 0.625. The Morgan fingerprint density at radius 3 is 3.05 bits per heavy atom. The number of H-pyrrole nitrogens is 1. The third-order valence-electron chi connectivity index (χ3n) is 3.65. The first-order chi connectivity index (χ1) is 10.3. The van der Waals surface area contributed by atoms with Crippen LogP contribution >= 0.6 is 0 Å². The van der Waals surface area contributed by atoms with Crippen molar-refractivity contribution in [2.45, 2.75) is 58.5 Å². The van der Waals surface area contributed by atoms with Gasteiger partial charge in [0.1, 0.15) is 5.69 Å². The fourth-order valence-electron chi connectivity index (χ4n) is 2.53. The second kappa shape index (κ2) is 7.86. The van der Waals surface area contributed by atoms with E-state index < -0.39 is 0 Å². The first-order valence-corrected chi connectivity index (χ1v) is 7.82. The van der Waals surface area contributed by atoms with Gasteiger partial charge in [-0.15, -0.1) is 0 Å². The number of aromatic nitrogens is 1. The summed E-state index contributed by atoms with van der Waals surface area (Å²) < 4.78 is 5.04. The molecule has 0 fully saturated rings. The van der Waals surface area contributed by atoms with Crippen LogP contribution in [0.2, 0.25) is 0 Å². The van der Waals surface area contributed by atoms with Crippen molar-refractivity contribution in [2.24, 2.45) is 5.16 Å². The van der Waals surface area contributed by atoms with E-state index in [4.69, 9.17) is 9.57 Å². The maximum Gasteiger partial charge on any atom is 0.355 e. The van der Waals surface area contributed by atoms with Crippen LogP contribution in [0.3, 0.4) is 0 Å². The Morgan fingerprint density at radius 1 is 1.43 bits per heavy atom. The van der Waals surface area contributed by atoms with E-state index in [0.29, 0.717) is 12.3 Å². The van der Waals surface area contributed by atoms with Crippen LogP contribution in [0, 0.1) is 0 Å². The summed E-state index contributed by atoms with van der Waals surface area (Å²) in [6.07, 6.45) is 8.20. The number of esters is 1. The van der Waals surface area contributed by atoms with E-state index in [1.807, 2.05) is 6.07 Å². The van der Waals surface area contributed by atoms with Crippen LogP contribution in [0.5, 0.6) is 0 Å². The standard InChI is InChI=1S/C16H24N2O3/c1-3-5-6-7-8-12-11-14(21-18-12)13-9-10-17-15(13)16(19)20-4-2/h9-10,14,17H,3-8,11H2,1-2H3. The van der Waals surface area contributed by atoms with Gasteiger partial charge in [0.15, 0.2) is 6.10 Å². The molecule has 116 valence electrons. The quantitative estimate of drug-likeness (QED) is 0.582.